The summed E-state index contributed by atoms with van der Waals surface area (Å²) in [5, 5.41) is 60.9. The number of hydrogen-bond acceptors (Lipinski definition) is 20. The highest BCUT2D eigenvalue weighted by atomic mass is 16.4. The number of hydrogen-bond donors (Lipinski definition) is 18. The van der Waals surface area contributed by atoms with Gasteiger partial charge in [-0.05, 0) is 82.5 Å². The summed E-state index contributed by atoms with van der Waals surface area (Å²) in [7, 11) is 0. The Morgan fingerprint density at radius 1 is 0.573 bits per heavy atom. The second kappa shape index (κ2) is 38.7. The molecule has 38 nitrogen and oxygen atoms in total. The van der Waals surface area contributed by atoms with Gasteiger partial charge in [-0.15, -0.1) is 0 Å². The zero-order valence-electron chi connectivity index (χ0n) is 54.2. The zero-order chi connectivity index (χ0) is 71.5. The van der Waals surface area contributed by atoms with Crippen LogP contribution in [0.15, 0.2) is 17.5 Å². The van der Waals surface area contributed by atoms with Gasteiger partial charge in [0.1, 0.15) is 66.5 Å². The van der Waals surface area contributed by atoms with Crippen molar-refractivity contribution in [1.29, 1.82) is 0 Å². The molecule has 3 aliphatic rings. The number of carbonyl (C=O) groups excluding carboxylic acids is 13. The third-order valence-corrected chi connectivity index (χ3v) is 15.9. The van der Waals surface area contributed by atoms with Crippen LogP contribution in [0.3, 0.4) is 0 Å². The molecule has 13 amide bonds. The average molecular weight is 1360 g/mol. The highest BCUT2D eigenvalue weighted by molar-refractivity contribution is 6.00. The second-order valence-electron chi connectivity index (χ2n) is 24.5. The van der Waals surface area contributed by atoms with E-state index in [0.717, 1.165) is 9.80 Å². The molecule has 0 bridgehead atoms. The van der Waals surface area contributed by atoms with Crippen LogP contribution in [0.25, 0.3) is 0 Å². The van der Waals surface area contributed by atoms with Crippen molar-refractivity contribution in [2.75, 3.05) is 52.5 Å². The molecule has 0 aliphatic carbocycles. The van der Waals surface area contributed by atoms with Gasteiger partial charge < -0.3 is 111 Å². The van der Waals surface area contributed by atoms with Gasteiger partial charge in [-0.25, -0.2) is 9.78 Å². The van der Waals surface area contributed by atoms with Crippen LogP contribution in [0.2, 0.25) is 0 Å². The molecule has 534 valence electrons. The predicted molar refractivity (Wildman–Crippen MR) is 335 cm³/mol. The van der Waals surface area contributed by atoms with E-state index in [2.05, 4.69) is 62.8 Å². The predicted octanol–water partition coefficient (Wildman–Crippen LogP) is -8.17. The Morgan fingerprint density at radius 2 is 1.03 bits per heavy atom. The first-order valence-corrected chi connectivity index (χ1v) is 31.7. The number of nitrogens with two attached hydrogens (primary N) is 4. The summed E-state index contributed by atoms with van der Waals surface area (Å²) in [6, 6.07) is -15.5. The number of nitrogens with zero attached hydrogens (tertiary/aromatic N) is 5. The van der Waals surface area contributed by atoms with Crippen molar-refractivity contribution in [2.45, 2.75) is 184 Å². The van der Waals surface area contributed by atoms with Crippen molar-refractivity contribution in [2.24, 2.45) is 39.8 Å². The highest BCUT2D eigenvalue weighted by Gasteiger charge is 2.44. The number of aromatic amines is 1. The van der Waals surface area contributed by atoms with E-state index in [1.165, 1.54) is 17.4 Å². The third kappa shape index (κ3) is 25.0. The quantitative estimate of drug-likeness (QED) is 0.0165. The van der Waals surface area contributed by atoms with E-state index in [9.17, 15) is 92.3 Å². The molecule has 1 aromatic rings. The first-order chi connectivity index (χ1) is 45.3. The number of aliphatic carboxylic acids is 2. The van der Waals surface area contributed by atoms with E-state index < -0.39 is 201 Å². The number of carboxylic acid groups (broad SMARTS) is 2. The lowest BCUT2D eigenvalue weighted by molar-refractivity contribution is -0.149. The molecule has 22 N–H and O–H groups in total. The number of rotatable bonds is 39. The van der Waals surface area contributed by atoms with Gasteiger partial charge in [0.15, 0.2) is 5.96 Å². The van der Waals surface area contributed by atoms with Crippen LogP contribution in [0.5, 0.6) is 0 Å². The van der Waals surface area contributed by atoms with Gasteiger partial charge in [-0.2, -0.15) is 0 Å². The Bertz CT molecular complexity index is 2960. The van der Waals surface area contributed by atoms with Crippen LogP contribution in [-0.2, 0) is 78.3 Å². The summed E-state index contributed by atoms with van der Waals surface area (Å²) in [5.41, 5.74) is 22.2. The molecule has 11 atom stereocenters. The lowest BCUT2D eigenvalue weighted by atomic mass is 10.0. The smallest absolute Gasteiger partial charge is 0.326 e. The lowest BCUT2D eigenvalue weighted by Gasteiger charge is -2.32. The lowest BCUT2D eigenvalue weighted by Crippen LogP contribution is -2.60. The number of nitrogens with one attached hydrogen (secondary N) is 10. The minimum absolute atomic E-state index is 0.000126. The normalized spacial score (nSPS) is 18.4. The zero-order valence-corrected chi connectivity index (χ0v) is 54.2. The summed E-state index contributed by atoms with van der Waals surface area (Å²) in [4.78, 5) is 215. The number of carboxylic acids is 2. The van der Waals surface area contributed by atoms with Crippen LogP contribution < -0.4 is 70.8 Å². The van der Waals surface area contributed by atoms with E-state index in [1.54, 1.807) is 27.7 Å². The Morgan fingerprint density at radius 3 is 1.51 bits per heavy atom. The number of aliphatic imine (C=N–C) groups is 1. The van der Waals surface area contributed by atoms with Crippen LogP contribution in [-0.4, -0.2) is 259 Å². The van der Waals surface area contributed by atoms with E-state index in [1.807, 2.05) is 0 Å². The number of carbonyl (C=O) groups is 15. The Balaban J connectivity index is 1.44. The molecule has 4 heterocycles. The fourth-order valence-electron chi connectivity index (χ4n) is 11.1. The number of likely N-dealkylation sites (tertiary alicyclic amines) is 3. The molecule has 3 fully saturated rings. The minimum Gasteiger partial charge on any atom is -0.481 e. The van der Waals surface area contributed by atoms with Crippen molar-refractivity contribution >= 4 is 94.7 Å². The number of aromatic nitrogens is 2. The number of primary amides is 1. The molecule has 1 aromatic heterocycles. The van der Waals surface area contributed by atoms with Crippen molar-refractivity contribution in [3.8, 4) is 0 Å². The SMILES string of the molecule is CC(C)CC(NC(=O)C(N)CO)C(=O)NCC(=O)NC(Cc1cnc[nH]1)C(=O)N1CCCC1C(=O)NC(CCC(=O)O)C(=O)N1CCCC1C(=O)NC(CC(C)C)C(=O)NC(CO)C(=O)NC(CC(N)=O)C(=O)NCC(=O)NC(CCCN=C(N)N)C(=O)N1CCCC1C(=O)O. The second-order valence-corrected chi connectivity index (χ2v) is 24.5. The fourth-order valence-corrected chi connectivity index (χ4v) is 11.1. The van der Waals surface area contributed by atoms with E-state index in [4.69, 9.17) is 22.9 Å². The van der Waals surface area contributed by atoms with Gasteiger partial charge in [0.25, 0.3) is 0 Å². The summed E-state index contributed by atoms with van der Waals surface area (Å²) in [5.74, 6) is -15.2. The van der Waals surface area contributed by atoms with Gasteiger partial charge in [0.2, 0.25) is 76.8 Å². The van der Waals surface area contributed by atoms with Gasteiger partial charge in [0.05, 0.1) is 39.1 Å². The maximum Gasteiger partial charge on any atom is 0.326 e. The van der Waals surface area contributed by atoms with Crippen molar-refractivity contribution in [3.63, 3.8) is 0 Å². The molecule has 96 heavy (non-hydrogen) atoms. The summed E-state index contributed by atoms with van der Waals surface area (Å²) in [6.07, 6.45) is 1.90. The summed E-state index contributed by atoms with van der Waals surface area (Å²) >= 11 is 0. The standard InChI is InChI=1S/C58H93N19O19/c1-29(2)19-35(71-47(85)32(59)26-78)48(86)65-25-45(82)69-38(21-31-23-63-28-67-31)56(94)76-17-7-10-40(76)52(90)70-34(13-14-46(83)84)55(93)75-16-6-11-41(75)53(91)73-36(20-30(3)4)50(88)74-39(27-79)51(89)72-37(22-43(60)80)49(87)66-24-44(81)68-33(9-5-15-64-58(61)62)54(92)77-18-8-12-42(77)57(95)96/h23,28-30,32-42,78-79H,5-22,24-27,59H2,1-4H3,(H2,60,80)(H,63,67)(H,65,86)(H,66,87)(H,68,81)(H,69,82)(H,70,90)(H,71,85)(H,72,89)(H,73,91)(H,74,88)(H,83,84)(H,95,96)(H4,61,62,64). The number of aliphatic hydroxyl groups is 2. The molecule has 0 spiro atoms. The number of amides is 13. The molecule has 0 saturated carbocycles. The van der Waals surface area contributed by atoms with Crippen molar-refractivity contribution in [3.05, 3.63) is 18.2 Å². The van der Waals surface area contributed by atoms with Crippen LogP contribution in [0, 0.1) is 11.8 Å². The molecule has 11 unspecified atom stereocenters. The molecule has 4 rings (SSSR count). The molecule has 0 radical (unpaired) electrons. The minimum atomic E-state index is -1.86. The Hall–Kier alpha value is -9.59. The van der Waals surface area contributed by atoms with Gasteiger partial charge >= 0.3 is 11.9 Å². The summed E-state index contributed by atoms with van der Waals surface area (Å²) < 4.78 is 0. The van der Waals surface area contributed by atoms with Crippen LogP contribution in [0.1, 0.15) is 117 Å². The molecule has 3 aliphatic heterocycles. The number of guanidine groups is 1. The van der Waals surface area contributed by atoms with Crippen molar-refractivity contribution in [1.82, 2.24) is 72.5 Å². The van der Waals surface area contributed by atoms with Gasteiger partial charge in [0, 0.05) is 50.9 Å². The Labute approximate surface area is 552 Å². The van der Waals surface area contributed by atoms with Crippen molar-refractivity contribution < 1.29 is 92.3 Å². The highest BCUT2D eigenvalue weighted by Crippen LogP contribution is 2.24. The topological polar surface area (TPSA) is 600 Å². The average Bonchev–Trinajstić information content (AvgIpc) is 1.57. The Kier molecular flexibility index (Phi) is 31.8. The molecular weight excluding hydrogens is 1270 g/mol. The van der Waals surface area contributed by atoms with Gasteiger partial charge in [-0.1, -0.05) is 27.7 Å². The molecule has 3 saturated heterocycles. The maximum absolute atomic E-state index is 14.5. The first-order valence-electron chi connectivity index (χ1n) is 31.7. The maximum atomic E-state index is 14.5. The molecular formula is C58H93N19O19. The molecule has 38 heteroatoms. The first kappa shape index (κ1) is 78.9. The van der Waals surface area contributed by atoms with E-state index in [-0.39, 0.29) is 108 Å². The number of aliphatic hydroxyl groups excluding tert-OH is 2. The largest absolute Gasteiger partial charge is 0.481 e. The van der Waals surface area contributed by atoms with Gasteiger partial charge in [-0.3, -0.25) is 72.1 Å². The number of H-pyrrole nitrogens is 1. The fraction of sp³-hybridized carbons (Fsp3) is 0.672. The van der Waals surface area contributed by atoms with E-state index in [0.29, 0.717) is 12.1 Å². The monoisotopic (exact) mass is 1360 g/mol. The third-order valence-electron chi connectivity index (χ3n) is 15.9. The van der Waals surface area contributed by atoms with Crippen LogP contribution in [0.4, 0.5) is 0 Å². The molecule has 0 aromatic carbocycles. The van der Waals surface area contributed by atoms with E-state index >= 15 is 0 Å². The number of imidazole rings is 1. The van der Waals surface area contributed by atoms with Crippen LogP contribution >= 0.6 is 0 Å². The summed E-state index contributed by atoms with van der Waals surface area (Å²) in [6.45, 7) is 3.74.